The molecule has 102 valence electrons. The van der Waals surface area contributed by atoms with Crippen LogP contribution in [-0.2, 0) is 11.3 Å². The zero-order valence-corrected chi connectivity index (χ0v) is 12.7. The molecule has 6 heteroatoms. The molecule has 0 saturated carbocycles. The number of hydrogen-bond acceptors (Lipinski definition) is 3. The van der Waals surface area contributed by atoms with Gasteiger partial charge in [-0.1, -0.05) is 11.6 Å². The Bertz CT molecular complexity index is 391. The van der Waals surface area contributed by atoms with Crippen molar-refractivity contribution in [2.45, 2.75) is 19.9 Å². The number of halogens is 2. The molecule has 0 aromatic carbocycles. The van der Waals surface area contributed by atoms with E-state index in [0.717, 1.165) is 35.3 Å². The highest BCUT2D eigenvalue weighted by molar-refractivity contribution is 7.16. The van der Waals surface area contributed by atoms with Gasteiger partial charge in [-0.15, -0.1) is 23.7 Å². The van der Waals surface area contributed by atoms with Gasteiger partial charge < -0.3 is 10.2 Å². The van der Waals surface area contributed by atoms with E-state index < -0.39 is 0 Å². The molecule has 0 radical (unpaired) electrons. The van der Waals surface area contributed by atoms with Gasteiger partial charge in [0.25, 0.3) is 0 Å². The van der Waals surface area contributed by atoms with Crippen LogP contribution in [0.3, 0.4) is 0 Å². The fourth-order valence-corrected chi connectivity index (χ4v) is 3.20. The van der Waals surface area contributed by atoms with Crippen LogP contribution >= 0.6 is 35.3 Å². The van der Waals surface area contributed by atoms with Crippen LogP contribution < -0.4 is 5.32 Å². The topological polar surface area (TPSA) is 32.3 Å². The molecule has 1 saturated heterocycles. The number of carbonyl (C=O) groups is 1. The van der Waals surface area contributed by atoms with Crippen molar-refractivity contribution in [2.75, 3.05) is 19.6 Å². The molecule has 1 unspecified atom stereocenters. The van der Waals surface area contributed by atoms with Gasteiger partial charge in [0.1, 0.15) is 0 Å². The highest BCUT2D eigenvalue weighted by Gasteiger charge is 2.26. The molecular formula is C12H18Cl2N2OS. The smallest absolute Gasteiger partial charge is 0.227 e. The molecule has 1 amide bonds. The summed E-state index contributed by atoms with van der Waals surface area (Å²) in [6, 6.07) is 3.88. The van der Waals surface area contributed by atoms with Crippen LogP contribution in [0.2, 0.25) is 4.34 Å². The van der Waals surface area contributed by atoms with Gasteiger partial charge in [0.2, 0.25) is 5.91 Å². The van der Waals surface area contributed by atoms with Crippen molar-refractivity contribution in [3.63, 3.8) is 0 Å². The minimum atomic E-state index is 0. The van der Waals surface area contributed by atoms with Crippen molar-refractivity contribution in [2.24, 2.45) is 5.92 Å². The van der Waals surface area contributed by atoms with Gasteiger partial charge in [0.05, 0.1) is 16.8 Å². The lowest BCUT2D eigenvalue weighted by Gasteiger charge is -2.23. The molecule has 1 aliphatic heterocycles. The molecule has 1 N–H and O–H groups in total. The fraction of sp³-hybridized carbons (Fsp3) is 0.583. The lowest BCUT2D eigenvalue weighted by Crippen LogP contribution is -2.36. The zero-order valence-electron chi connectivity index (χ0n) is 10.3. The Hall–Kier alpha value is -0.290. The maximum absolute atomic E-state index is 12.2. The Balaban J connectivity index is 0.00000162. The van der Waals surface area contributed by atoms with Gasteiger partial charge in [-0.2, -0.15) is 0 Å². The molecule has 0 bridgehead atoms. The van der Waals surface area contributed by atoms with E-state index in [1.54, 1.807) is 11.3 Å². The minimum Gasteiger partial charge on any atom is -0.338 e. The van der Waals surface area contributed by atoms with Gasteiger partial charge in [-0.25, -0.2) is 0 Å². The largest absolute Gasteiger partial charge is 0.338 e. The van der Waals surface area contributed by atoms with Crippen molar-refractivity contribution < 1.29 is 4.79 Å². The lowest BCUT2D eigenvalue weighted by molar-refractivity contribution is -0.135. The van der Waals surface area contributed by atoms with E-state index in [2.05, 4.69) is 5.32 Å². The van der Waals surface area contributed by atoms with Gasteiger partial charge in [0, 0.05) is 18.0 Å². The van der Waals surface area contributed by atoms with E-state index in [4.69, 9.17) is 11.6 Å². The molecule has 0 spiro atoms. The first-order chi connectivity index (χ1) is 8.20. The summed E-state index contributed by atoms with van der Waals surface area (Å²) in [5.41, 5.74) is 0. The summed E-state index contributed by atoms with van der Waals surface area (Å²) in [4.78, 5) is 15.3. The minimum absolute atomic E-state index is 0. The van der Waals surface area contributed by atoms with E-state index in [-0.39, 0.29) is 24.2 Å². The number of nitrogens with zero attached hydrogens (tertiary/aromatic N) is 1. The number of rotatable bonds is 4. The Kier molecular flexibility index (Phi) is 6.43. The SMILES string of the molecule is CCN(Cc1ccc(Cl)s1)C(=O)C1CCNC1.Cl. The molecule has 1 aromatic heterocycles. The standard InChI is InChI=1S/C12H17ClN2OS.ClH/c1-2-15(8-10-3-4-11(13)17-10)12(16)9-5-6-14-7-9;/h3-4,9,14H,2,5-8H2,1H3;1H. The summed E-state index contributed by atoms with van der Waals surface area (Å²) < 4.78 is 0.783. The molecule has 2 heterocycles. The number of nitrogens with one attached hydrogen (secondary N) is 1. The van der Waals surface area contributed by atoms with E-state index in [9.17, 15) is 4.79 Å². The molecule has 1 aromatic rings. The van der Waals surface area contributed by atoms with Crippen LogP contribution in [0, 0.1) is 5.92 Å². The highest BCUT2D eigenvalue weighted by atomic mass is 35.5. The predicted molar refractivity (Wildman–Crippen MR) is 78.6 cm³/mol. The monoisotopic (exact) mass is 308 g/mol. The highest BCUT2D eigenvalue weighted by Crippen LogP contribution is 2.23. The average molecular weight is 309 g/mol. The van der Waals surface area contributed by atoms with E-state index >= 15 is 0 Å². The van der Waals surface area contributed by atoms with E-state index in [1.165, 1.54) is 0 Å². The number of thiophene rings is 1. The molecule has 1 aliphatic rings. The molecule has 1 atom stereocenters. The van der Waals surface area contributed by atoms with Gasteiger partial charge in [-0.05, 0) is 32.0 Å². The van der Waals surface area contributed by atoms with Crippen LogP contribution in [-0.4, -0.2) is 30.4 Å². The summed E-state index contributed by atoms with van der Waals surface area (Å²) in [6.45, 7) is 5.24. The van der Waals surface area contributed by atoms with Crippen LogP contribution in [0.1, 0.15) is 18.2 Å². The molecule has 1 fully saturated rings. The van der Waals surface area contributed by atoms with E-state index in [1.807, 2.05) is 24.0 Å². The quantitative estimate of drug-likeness (QED) is 0.927. The van der Waals surface area contributed by atoms with Crippen molar-refractivity contribution in [3.8, 4) is 0 Å². The maximum Gasteiger partial charge on any atom is 0.227 e. The Morgan fingerprint density at radius 3 is 2.89 bits per heavy atom. The van der Waals surface area contributed by atoms with Crippen molar-refractivity contribution in [1.82, 2.24) is 10.2 Å². The maximum atomic E-state index is 12.2. The second-order valence-corrected chi connectivity index (χ2v) is 6.05. The van der Waals surface area contributed by atoms with Crippen LogP contribution in [0.25, 0.3) is 0 Å². The molecule has 3 nitrogen and oxygen atoms in total. The van der Waals surface area contributed by atoms with Crippen molar-refractivity contribution in [1.29, 1.82) is 0 Å². The number of hydrogen-bond donors (Lipinski definition) is 1. The second-order valence-electron chi connectivity index (χ2n) is 4.25. The zero-order chi connectivity index (χ0) is 12.3. The third-order valence-corrected chi connectivity index (χ3v) is 4.29. The third kappa shape index (κ3) is 3.85. The summed E-state index contributed by atoms with van der Waals surface area (Å²) in [7, 11) is 0. The molecular weight excluding hydrogens is 291 g/mol. The summed E-state index contributed by atoms with van der Waals surface area (Å²) >= 11 is 7.45. The number of carbonyl (C=O) groups excluding carboxylic acids is 1. The van der Waals surface area contributed by atoms with Crippen LogP contribution in [0.4, 0.5) is 0 Å². The normalized spacial score (nSPS) is 18.4. The summed E-state index contributed by atoms with van der Waals surface area (Å²) in [5.74, 6) is 0.424. The van der Waals surface area contributed by atoms with Crippen LogP contribution in [0.15, 0.2) is 12.1 Å². The first kappa shape index (κ1) is 15.8. The summed E-state index contributed by atoms with van der Waals surface area (Å²) in [6.07, 6.45) is 0.959. The Morgan fingerprint density at radius 2 is 2.39 bits per heavy atom. The first-order valence-corrected chi connectivity index (χ1v) is 7.14. The van der Waals surface area contributed by atoms with Crippen LogP contribution in [0.5, 0.6) is 0 Å². The first-order valence-electron chi connectivity index (χ1n) is 5.94. The van der Waals surface area contributed by atoms with Crippen molar-refractivity contribution in [3.05, 3.63) is 21.3 Å². The fourth-order valence-electron chi connectivity index (χ4n) is 2.09. The van der Waals surface area contributed by atoms with Gasteiger partial charge in [-0.3, -0.25) is 4.79 Å². The second kappa shape index (κ2) is 7.34. The molecule has 18 heavy (non-hydrogen) atoms. The van der Waals surface area contributed by atoms with Gasteiger partial charge >= 0.3 is 0 Å². The van der Waals surface area contributed by atoms with E-state index in [0.29, 0.717) is 6.54 Å². The third-order valence-electron chi connectivity index (χ3n) is 3.08. The predicted octanol–water partition coefficient (Wildman–Crippen LogP) is 2.78. The summed E-state index contributed by atoms with van der Waals surface area (Å²) in [5, 5.41) is 3.23. The lowest BCUT2D eigenvalue weighted by atomic mass is 10.1. The Labute approximate surface area is 123 Å². The van der Waals surface area contributed by atoms with Gasteiger partial charge in [0.15, 0.2) is 0 Å². The number of amides is 1. The Morgan fingerprint density at radius 1 is 1.61 bits per heavy atom. The average Bonchev–Trinajstić information content (AvgIpc) is 2.96. The van der Waals surface area contributed by atoms with Crippen molar-refractivity contribution >= 4 is 41.3 Å². The molecule has 0 aliphatic carbocycles. The molecule has 2 rings (SSSR count).